The zero-order valence-electron chi connectivity index (χ0n) is 15.8. The number of carbonyl (C=O) groups excluding carboxylic acids is 1. The minimum absolute atomic E-state index is 0.317. The monoisotopic (exact) mass is 407 g/mol. The van der Waals surface area contributed by atoms with Crippen molar-refractivity contribution in [3.8, 4) is 22.9 Å². The van der Waals surface area contributed by atoms with E-state index in [1.807, 2.05) is 24.3 Å². The van der Waals surface area contributed by atoms with Gasteiger partial charge in [0.25, 0.3) is 5.91 Å². The van der Waals surface area contributed by atoms with Crippen molar-refractivity contribution < 1.29 is 14.3 Å². The molecule has 0 fully saturated rings. The number of benzene rings is 3. The summed E-state index contributed by atoms with van der Waals surface area (Å²) in [6.07, 6.45) is 0. The fourth-order valence-corrected chi connectivity index (χ4v) is 3.34. The second-order valence-corrected chi connectivity index (χ2v) is 6.70. The van der Waals surface area contributed by atoms with Crippen LogP contribution in [0, 0.1) is 0 Å². The topological polar surface area (TPSA) is 76.2 Å². The largest absolute Gasteiger partial charge is 0.496 e. The Kier molecular flexibility index (Phi) is 5.10. The van der Waals surface area contributed by atoms with E-state index in [2.05, 4.69) is 15.3 Å². The summed E-state index contributed by atoms with van der Waals surface area (Å²) in [4.78, 5) is 20.8. The van der Waals surface area contributed by atoms with Gasteiger partial charge in [-0.05, 0) is 42.5 Å². The number of hydrogen-bond acceptors (Lipinski definition) is 4. The van der Waals surface area contributed by atoms with Crippen LogP contribution in [0.25, 0.3) is 22.4 Å². The Morgan fingerprint density at radius 3 is 2.41 bits per heavy atom. The van der Waals surface area contributed by atoms with Gasteiger partial charge >= 0.3 is 0 Å². The summed E-state index contributed by atoms with van der Waals surface area (Å²) >= 11 is 6.39. The van der Waals surface area contributed by atoms with Gasteiger partial charge in [-0.2, -0.15) is 0 Å². The first-order valence-electron chi connectivity index (χ1n) is 8.87. The summed E-state index contributed by atoms with van der Waals surface area (Å²) in [5, 5.41) is 3.40. The molecule has 0 aliphatic heterocycles. The molecule has 1 heterocycles. The number of nitrogens with zero attached hydrogens (tertiary/aromatic N) is 1. The number of methoxy groups -OCH3 is 2. The van der Waals surface area contributed by atoms with Crippen LogP contribution in [0.15, 0.2) is 60.7 Å². The number of aromatic nitrogens is 2. The third-order valence-corrected chi connectivity index (χ3v) is 4.85. The number of para-hydroxylation sites is 2. The quantitative estimate of drug-likeness (QED) is 0.479. The predicted octanol–water partition coefficient (Wildman–Crippen LogP) is 5.15. The van der Waals surface area contributed by atoms with Gasteiger partial charge in [-0.25, -0.2) is 4.98 Å². The Morgan fingerprint density at radius 1 is 1.00 bits per heavy atom. The minimum Gasteiger partial charge on any atom is -0.496 e. The lowest BCUT2D eigenvalue weighted by atomic mass is 10.1. The van der Waals surface area contributed by atoms with Gasteiger partial charge < -0.3 is 19.8 Å². The molecule has 0 spiro atoms. The molecule has 4 aromatic rings. The SMILES string of the molecule is COc1cccc(OC)c1C(=O)Nc1ccc(Cl)c(-c2nc3ccccc3[nH]2)c1. The summed E-state index contributed by atoms with van der Waals surface area (Å²) in [6.45, 7) is 0. The van der Waals surface area contributed by atoms with Gasteiger partial charge in [0.1, 0.15) is 22.9 Å². The maximum Gasteiger partial charge on any atom is 0.263 e. The number of hydrogen-bond donors (Lipinski definition) is 2. The zero-order chi connectivity index (χ0) is 20.4. The van der Waals surface area contributed by atoms with Crippen LogP contribution in [0.1, 0.15) is 10.4 Å². The second kappa shape index (κ2) is 7.85. The van der Waals surface area contributed by atoms with E-state index >= 15 is 0 Å². The van der Waals surface area contributed by atoms with Crippen LogP contribution in [0.5, 0.6) is 11.5 Å². The van der Waals surface area contributed by atoms with Gasteiger partial charge in [-0.3, -0.25) is 4.79 Å². The molecular formula is C22H18ClN3O3. The van der Waals surface area contributed by atoms with Crippen molar-refractivity contribution in [3.05, 3.63) is 71.2 Å². The summed E-state index contributed by atoms with van der Waals surface area (Å²) in [7, 11) is 3.01. The lowest BCUT2D eigenvalue weighted by molar-refractivity contribution is 0.102. The number of fused-ring (bicyclic) bond motifs is 1. The van der Waals surface area contributed by atoms with Crippen molar-refractivity contribution in [3.63, 3.8) is 0 Å². The lowest BCUT2D eigenvalue weighted by Gasteiger charge is -2.13. The van der Waals surface area contributed by atoms with Crippen LogP contribution in [0.4, 0.5) is 5.69 Å². The molecule has 0 atom stereocenters. The van der Waals surface area contributed by atoms with Crippen molar-refractivity contribution >= 4 is 34.2 Å². The third kappa shape index (κ3) is 3.62. The highest BCUT2D eigenvalue weighted by atomic mass is 35.5. The van der Waals surface area contributed by atoms with E-state index in [0.717, 1.165) is 11.0 Å². The number of ether oxygens (including phenoxy) is 2. The first-order valence-corrected chi connectivity index (χ1v) is 9.25. The van der Waals surface area contributed by atoms with E-state index < -0.39 is 0 Å². The number of aromatic amines is 1. The molecule has 1 amide bonds. The molecule has 6 nitrogen and oxygen atoms in total. The van der Waals surface area contributed by atoms with E-state index in [1.165, 1.54) is 14.2 Å². The van der Waals surface area contributed by atoms with Crippen LogP contribution < -0.4 is 14.8 Å². The Labute approximate surface area is 172 Å². The molecule has 4 rings (SSSR count). The van der Waals surface area contributed by atoms with E-state index in [0.29, 0.717) is 39.2 Å². The summed E-state index contributed by atoms with van der Waals surface area (Å²) in [6, 6.07) is 18.1. The van der Waals surface area contributed by atoms with E-state index in [9.17, 15) is 4.79 Å². The number of halogens is 1. The van der Waals surface area contributed by atoms with Gasteiger partial charge in [-0.1, -0.05) is 29.8 Å². The van der Waals surface area contributed by atoms with Gasteiger partial charge in [0, 0.05) is 11.3 Å². The number of rotatable bonds is 5. The molecule has 0 saturated heterocycles. The Morgan fingerprint density at radius 2 is 1.72 bits per heavy atom. The lowest BCUT2D eigenvalue weighted by Crippen LogP contribution is -2.14. The van der Waals surface area contributed by atoms with E-state index in [1.54, 1.807) is 36.4 Å². The normalized spacial score (nSPS) is 10.7. The van der Waals surface area contributed by atoms with E-state index in [4.69, 9.17) is 21.1 Å². The predicted molar refractivity (Wildman–Crippen MR) is 114 cm³/mol. The molecule has 0 aliphatic carbocycles. The van der Waals surface area contributed by atoms with Crippen molar-refractivity contribution in [1.82, 2.24) is 9.97 Å². The Bertz CT molecular complexity index is 1150. The molecule has 2 N–H and O–H groups in total. The Hall–Kier alpha value is -3.51. The van der Waals surface area contributed by atoms with E-state index in [-0.39, 0.29) is 5.91 Å². The highest BCUT2D eigenvalue weighted by Crippen LogP contribution is 2.32. The molecule has 0 bridgehead atoms. The average Bonchev–Trinajstić information content (AvgIpc) is 3.18. The number of imidazole rings is 1. The fraction of sp³-hybridized carbons (Fsp3) is 0.0909. The Balaban J connectivity index is 1.69. The molecule has 3 aromatic carbocycles. The van der Waals surface area contributed by atoms with Gasteiger partial charge in [-0.15, -0.1) is 0 Å². The highest BCUT2D eigenvalue weighted by molar-refractivity contribution is 6.33. The maximum atomic E-state index is 12.9. The summed E-state index contributed by atoms with van der Waals surface area (Å²) in [5.74, 6) is 1.13. The molecule has 146 valence electrons. The average molecular weight is 408 g/mol. The zero-order valence-corrected chi connectivity index (χ0v) is 16.6. The van der Waals surface area contributed by atoms with Crippen molar-refractivity contribution in [2.24, 2.45) is 0 Å². The second-order valence-electron chi connectivity index (χ2n) is 6.29. The van der Waals surface area contributed by atoms with Crippen LogP contribution in [-0.2, 0) is 0 Å². The van der Waals surface area contributed by atoms with Crippen LogP contribution in [0.3, 0.4) is 0 Å². The first-order chi connectivity index (χ1) is 14.1. The maximum absolute atomic E-state index is 12.9. The summed E-state index contributed by atoms with van der Waals surface area (Å²) < 4.78 is 10.6. The smallest absolute Gasteiger partial charge is 0.263 e. The highest BCUT2D eigenvalue weighted by Gasteiger charge is 2.19. The first kappa shape index (κ1) is 18.8. The molecule has 0 aliphatic rings. The van der Waals surface area contributed by atoms with Crippen molar-refractivity contribution in [1.29, 1.82) is 0 Å². The van der Waals surface area contributed by atoms with Crippen LogP contribution in [0.2, 0.25) is 5.02 Å². The van der Waals surface area contributed by atoms with Gasteiger partial charge in [0.2, 0.25) is 0 Å². The van der Waals surface area contributed by atoms with Crippen molar-refractivity contribution in [2.75, 3.05) is 19.5 Å². The molecule has 0 saturated carbocycles. The third-order valence-electron chi connectivity index (χ3n) is 4.52. The molecule has 1 aromatic heterocycles. The van der Waals surface area contributed by atoms with Gasteiger partial charge in [0.15, 0.2) is 0 Å². The number of H-pyrrole nitrogens is 1. The van der Waals surface area contributed by atoms with Crippen molar-refractivity contribution in [2.45, 2.75) is 0 Å². The number of anilines is 1. The molecule has 0 radical (unpaired) electrons. The minimum atomic E-state index is -0.350. The number of carbonyl (C=O) groups is 1. The van der Waals surface area contributed by atoms with Gasteiger partial charge in [0.05, 0.1) is 30.3 Å². The number of nitrogens with one attached hydrogen (secondary N) is 2. The van der Waals surface area contributed by atoms with Crippen LogP contribution >= 0.6 is 11.6 Å². The fourth-order valence-electron chi connectivity index (χ4n) is 3.13. The molecule has 0 unspecified atom stereocenters. The molecule has 7 heteroatoms. The molecule has 29 heavy (non-hydrogen) atoms. The van der Waals surface area contributed by atoms with Crippen LogP contribution in [-0.4, -0.2) is 30.1 Å². The summed E-state index contributed by atoms with van der Waals surface area (Å²) in [5.41, 5.74) is 3.33. The standard InChI is InChI=1S/C22H18ClN3O3/c1-28-18-8-5-9-19(29-2)20(18)22(27)24-13-10-11-15(23)14(12-13)21-25-16-6-3-4-7-17(16)26-21/h3-12H,1-2H3,(H,24,27)(H,25,26). The molecular weight excluding hydrogens is 390 g/mol. The number of amides is 1.